The summed E-state index contributed by atoms with van der Waals surface area (Å²) in [5.74, 6) is 0. The Bertz CT molecular complexity index is 154. The van der Waals surface area contributed by atoms with Crippen LogP contribution in [-0.4, -0.2) is 24.6 Å². The summed E-state index contributed by atoms with van der Waals surface area (Å²) in [7, 11) is -0.519. The first-order chi connectivity index (χ1) is 4.71. The van der Waals surface area contributed by atoms with Crippen LogP contribution in [0.4, 0.5) is 0 Å². The molecule has 2 atom stereocenters. The molecule has 0 aromatic carbocycles. The van der Waals surface area contributed by atoms with Gasteiger partial charge in [0.05, 0.1) is 11.3 Å². The van der Waals surface area contributed by atoms with Crippen LogP contribution in [0.25, 0.3) is 0 Å². The van der Waals surface area contributed by atoms with Gasteiger partial charge in [-0.3, -0.25) is 0 Å². The summed E-state index contributed by atoms with van der Waals surface area (Å²) in [6.07, 6.45) is 9.42. The Balaban J connectivity index is 2.28. The zero-order valence-electron chi connectivity index (χ0n) is 6.88. The lowest BCUT2D eigenvalue weighted by Crippen LogP contribution is -2.19. The number of fused-ring (bicyclic) bond motifs is 2. The van der Waals surface area contributed by atoms with E-state index in [-0.39, 0.29) is 0 Å². The normalized spacial score (nSPS) is 42.2. The van der Waals surface area contributed by atoms with E-state index in [1.165, 1.54) is 19.3 Å². The van der Waals surface area contributed by atoms with Crippen LogP contribution in [0, 0.1) is 0 Å². The SMILES string of the molecule is C[P+]1(C)C2C=CC1CCC2. The molecule has 0 radical (unpaired) electrons. The Labute approximate surface area is 64.0 Å². The third-order valence-electron chi connectivity index (χ3n) is 3.26. The first-order valence-corrected chi connectivity index (χ1v) is 7.05. The van der Waals surface area contributed by atoms with Gasteiger partial charge < -0.3 is 0 Å². The van der Waals surface area contributed by atoms with Crippen molar-refractivity contribution in [1.82, 2.24) is 0 Å². The lowest BCUT2D eigenvalue weighted by Gasteiger charge is -2.31. The number of rotatable bonds is 0. The van der Waals surface area contributed by atoms with E-state index in [4.69, 9.17) is 0 Å². The summed E-state index contributed by atoms with van der Waals surface area (Å²) in [6, 6.07) is 0. The van der Waals surface area contributed by atoms with Gasteiger partial charge in [-0.1, -0.05) is 0 Å². The molecule has 2 aliphatic rings. The van der Waals surface area contributed by atoms with Gasteiger partial charge in [0, 0.05) is 20.6 Å². The molecule has 2 bridgehead atoms. The van der Waals surface area contributed by atoms with E-state index in [2.05, 4.69) is 25.5 Å². The highest BCUT2D eigenvalue weighted by atomic mass is 31.2. The van der Waals surface area contributed by atoms with Crippen LogP contribution in [0.2, 0.25) is 0 Å². The molecule has 0 aliphatic carbocycles. The van der Waals surface area contributed by atoms with Gasteiger partial charge in [-0.25, -0.2) is 0 Å². The molecule has 0 saturated carbocycles. The van der Waals surface area contributed by atoms with Crippen LogP contribution in [0.15, 0.2) is 12.2 Å². The van der Waals surface area contributed by atoms with Gasteiger partial charge in [0.25, 0.3) is 0 Å². The summed E-state index contributed by atoms with van der Waals surface area (Å²) in [6.45, 7) is 5.06. The maximum atomic E-state index is 2.53. The molecule has 2 rings (SSSR count). The van der Waals surface area contributed by atoms with Crippen molar-refractivity contribution in [3.8, 4) is 0 Å². The van der Waals surface area contributed by atoms with Gasteiger partial charge in [-0.2, -0.15) is 0 Å². The smallest absolute Gasteiger partial charge is 0.0452 e. The highest BCUT2D eigenvalue weighted by molar-refractivity contribution is 7.76. The minimum atomic E-state index is -0.519. The molecule has 0 spiro atoms. The molecule has 56 valence electrons. The van der Waals surface area contributed by atoms with E-state index >= 15 is 0 Å². The quantitative estimate of drug-likeness (QED) is 0.372. The second-order valence-electron chi connectivity index (χ2n) is 4.08. The number of hydrogen-bond donors (Lipinski definition) is 0. The van der Waals surface area contributed by atoms with Crippen LogP contribution in [0.1, 0.15) is 19.3 Å². The van der Waals surface area contributed by atoms with Gasteiger partial charge >= 0.3 is 0 Å². The molecule has 1 heteroatoms. The van der Waals surface area contributed by atoms with Gasteiger partial charge in [0.2, 0.25) is 0 Å². The zero-order chi connectivity index (χ0) is 7.19. The van der Waals surface area contributed by atoms with Crippen LogP contribution in [0.3, 0.4) is 0 Å². The first-order valence-electron chi connectivity index (χ1n) is 4.23. The van der Waals surface area contributed by atoms with Crippen LogP contribution in [0.5, 0.6) is 0 Å². The first kappa shape index (κ1) is 6.85. The lowest BCUT2D eigenvalue weighted by atomic mass is 10.2. The second kappa shape index (κ2) is 2.08. The zero-order valence-corrected chi connectivity index (χ0v) is 7.77. The van der Waals surface area contributed by atoms with Gasteiger partial charge in [0.1, 0.15) is 0 Å². The summed E-state index contributed by atoms with van der Waals surface area (Å²) in [5, 5.41) is 0. The van der Waals surface area contributed by atoms with E-state index < -0.39 is 7.26 Å². The Morgan fingerprint density at radius 2 is 1.60 bits per heavy atom. The molecule has 1 saturated heterocycles. The minimum Gasteiger partial charge on any atom is -0.0452 e. The molecular weight excluding hydrogens is 139 g/mol. The van der Waals surface area contributed by atoms with E-state index in [1.807, 2.05) is 0 Å². The average Bonchev–Trinajstić information content (AvgIpc) is 2.17. The van der Waals surface area contributed by atoms with Crippen molar-refractivity contribution >= 4 is 7.26 Å². The lowest BCUT2D eigenvalue weighted by molar-refractivity contribution is 0.684. The van der Waals surface area contributed by atoms with E-state index in [0.29, 0.717) is 0 Å². The molecule has 0 nitrogen and oxygen atoms in total. The largest absolute Gasteiger partial charge is 0.0878 e. The van der Waals surface area contributed by atoms with Crippen molar-refractivity contribution in [2.45, 2.75) is 30.6 Å². The Kier molecular flexibility index (Phi) is 1.42. The minimum absolute atomic E-state index is 0.519. The summed E-state index contributed by atoms with van der Waals surface area (Å²) in [4.78, 5) is 0. The van der Waals surface area contributed by atoms with Gasteiger partial charge in [-0.05, 0) is 31.4 Å². The monoisotopic (exact) mass is 155 g/mol. The van der Waals surface area contributed by atoms with Crippen molar-refractivity contribution < 1.29 is 0 Å². The average molecular weight is 155 g/mol. The summed E-state index contributed by atoms with van der Waals surface area (Å²) >= 11 is 0. The fourth-order valence-electron chi connectivity index (χ4n) is 2.34. The topological polar surface area (TPSA) is 0 Å². The second-order valence-corrected chi connectivity index (χ2v) is 8.66. The fraction of sp³-hybridized carbons (Fsp3) is 0.778. The Hall–Kier alpha value is 0.170. The van der Waals surface area contributed by atoms with Crippen molar-refractivity contribution in [2.75, 3.05) is 13.3 Å². The number of allylic oxidation sites excluding steroid dienone is 2. The van der Waals surface area contributed by atoms with Crippen molar-refractivity contribution in [3.63, 3.8) is 0 Å². The van der Waals surface area contributed by atoms with Gasteiger partial charge in [-0.15, -0.1) is 0 Å². The van der Waals surface area contributed by atoms with Gasteiger partial charge in [0.15, 0.2) is 0 Å². The van der Waals surface area contributed by atoms with Crippen LogP contribution < -0.4 is 0 Å². The molecule has 0 aromatic heterocycles. The van der Waals surface area contributed by atoms with E-state index in [0.717, 1.165) is 11.3 Å². The highest BCUT2D eigenvalue weighted by Gasteiger charge is 2.47. The van der Waals surface area contributed by atoms with E-state index in [1.54, 1.807) is 0 Å². The molecule has 0 N–H and O–H groups in total. The Morgan fingerprint density at radius 1 is 1.10 bits per heavy atom. The molecule has 2 aliphatic heterocycles. The van der Waals surface area contributed by atoms with Crippen molar-refractivity contribution in [1.29, 1.82) is 0 Å². The molecule has 0 aromatic rings. The van der Waals surface area contributed by atoms with Crippen LogP contribution in [-0.2, 0) is 0 Å². The van der Waals surface area contributed by atoms with Crippen molar-refractivity contribution in [2.24, 2.45) is 0 Å². The number of hydrogen-bond acceptors (Lipinski definition) is 0. The maximum absolute atomic E-state index is 2.53. The third kappa shape index (κ3) is 0.782. The Morgan fingerprint density at radius 3 is 2.00 bits per heavy atom. The molecule has 1 fully saturated rings. The predicted molar refractivity (Wildman–Crippen MR) is 49.3 cm³/mol. The maximum Gasteiger partial charge on any atom is 0.0878 e. The van der Waals surface area contributed by atoms with Crippen molar-refractivity contribution in [3.05, 3.63) is 12.2 Å². The molecule has 2 unspecified atom stereocenters. The molecular formula is C9H16P+. The fourth-order valence-corrected chi connectivity index (χ4v) is 5.61. The predicted octanol–water partition coefficient (Wildman–Crippen LogP) is 2.75. The van der Waals surface area contributed by atoms with E-state index in [9.17, 15) is 0 Å². The third-order valence-corrected chi connectivity index (χ3v) is 7.54. The molecule has 0 amide bonds. The standard InChI is InChI=1S/C9H16P/c1-10(2)8-4-3-5-9(10)7-6-8/h6-9H,3-5H2,1-2H3/q+1. The molecule has 10 heavy (non-hydrogen) atoms. The van der Waals surface area contributed by atoms with Crippen LogP contribution >= 0.6 is 7.26 Å². The highest BCUT2D eigenvalue weighted by Crippen LogP contribution is 2.69. The molecule has 2 heterocycles. The summed E-state index contributed by atoms with van der Waals surface area (Å²) in [5.41, 5.74) is 2.01. The summed E-state index contributed by atoms with van der Waals surface area (Å²) < 4.78 is 0.